The summed E-state index contributed by atoms with van der Waals surface area (Å²) in [4.78, 5) is 0. The maximum Gasteiger partial charge on any atom is 0.129 e. The Labute approximate surface area is 91.1 Å². The van der Waals surface area contributed by atoms with Gasteiger partial charge in [0.1, 0.15) is 23.5 Å². The van der Waals surface area contributed by atoms with Crippen LogP contribution in [0.1, 0.15) is 23.0 Å². The average molecular weight is 224 g/mol. The fourth-order valence-corrected chi connectivity index (χ4v) is 1.51. The molecule has 0 saturated heterocycles. The average Bonchev–Trinajstić information content (AvgIpc) is 2.67. The van der Waals surface area contributed by atoms with Crippen molar-refractivity contribution in [2.24, 2.45) is 0 Å². The SMILES string of the molecule is Cc1cc(C(O)c2cc(F)ccc2F)co1. The van der Waals surface area contributed by atoms with Gasteiger partial charge in [0.05, 0.1) is 6.26 Å². The number of halogens is 2. The van der Waals surface area contributed by atoms with Crippen molar-refractivity contribution < 1.29 is 18.3 Å². The van der Waals surface area contributed by atoms with E-state index in [2.05, 4.69) is 0 Å². The largest absolute Gasteiger partial charge is 0.469 e. The molecule has 0 aliphatic carbocycles. The first-order chi connectivity index (χ1) is 7.58. The summed E-state index contributed by atoms with van der Waals surface area (Å²) in [6.07, 6.45) is 0.109. The molecule has 0 aliphatic heterocycles. The molecule has 0 amide bonds. The zero-order chi connectivity index (χ0) is 11.7. The Bertz CT molecular complexity index is 505. The van der Waals surface area contributed by atoms with Crippen LogP contribution in [0.3, 0.4) is 0 Å². The highest BCUT2D eigenvalue weighted by Gasteiger charge is 2.17. The Balaban J connectivity index is 2.40. The summed E-state index contributed by atoms with van der Waals surface area (Å²) >= 11 is 0. The number of aliphatic hydroxyl groups is 1. The summed E-state index contributed by atoms with van der Waals surface area (Å²) in [6.45, 7) is 1.71. The molecule has 0 bridgehead atoms. The smallest absolute Gasteiger partial charge is 0.129 e. The van der Waals surface area contributed by atoms with Crippen molar-refractivity contribution in [3.8, 4) is 0 Å². The van der Waals surface area contributed by atoms with Crippen molar-refractivity contribution in [1.82, 2.24) is 0 Å². The second-order valence-corrected chi connectivity index (χ2v) is 3.56. The molecule has 1 heterocycles. The number of hydrogen-bond acceptors (Lipinski definition) is 2. The van der Waals surface area contributed by atoms with Gasteiger partial charge in [-0.3, -0.25) is 0 Å². The van der Waals surface area contributed by atoms with E-state index in [4.69, 9.17) is 4.42 Å². The summed E-state index contributed by atoms with van der Waals surface area (Å²) in [5.74, 6) is -0.630. The Morgan fingerprint density at radius 2 is 2.00 bits per heavy atom. The quantitative estimate of drug-likeness (QED) is 0.850. The van der Waals surface area contributed by atoms with Gasteiger partial charge >= 0.3 is 0 Å². The standard InChI is InChI=1S/C12H10F2O2/c1-7-4-8(6-16-7)12(15)10-5-9(13)2-3-11(10)14/h2-6,12,15H,1H3. The molecule has 2 aromatic rings. The van der Waals surface area contributed by atoms with Gasteiger partial charge in [-0.1, -0.05) is 0 Å². The summed E-state index contributed by atoms with van der Waals surface area (Å²) in [6, 6.07) is 4.55. The molecular formula is C12H10F2O2. The lowest BCUT2D eigenvalue weighted by atomic mass is 10.0. The minimum absolute atomic E-state index is 0.0965. The van der Waals surface area contributed by atoms with E-state index < -0.39 is 17.7 Å². The number of hydrogen-bond donors (Lipinski definition) is 1. The van der Waals surface area contributed by atoms with Crippen LogP contribution >= 0.6 is 0 Å². The van der Waals surface area contributed by atoms with Crippen molar-refractivity contribution in [1.29, 1.82) is 0 Å². The second kappa shape index (κ2) is 4.06. The first-order valence-electron chi connectivity index (χ1n) is 4.76. The molecule has 16 heavy (non-hydrogen) atoms. The minimum atomic E-state index is -1.21. The van der Waals surface area contributed by atoms with E-state index in [9.17, 15) is 13.9 Å². The third-order valence-electron chi connectivity index (χ3n) is 2.32. The van der Waals surface area contributed by atoms with Gasteiger partial charge in [-0.05, 0) is 31.2 Å². The van der Waals surface area contributed by atoms with Gasteiger partial charge in [0, 0.05) is 11.1 Å². The van der Waals surface area contributed by atoms with E-state index in [0.717, 1.165) is 18.2 Å². The van der Waals surface area contributed by atoms with E-state index in [0.29, 0.717) is 11.3 Å². The Morgan fingerprint density at radius 1 is 1.25 bits per heavy atom. The zero-order valence-corrected chi connectivity index (χ0v) is 8.58. The Hall–Kier alpha value is -1.68. The van der Waals surface area contributed by atoms with Crippen LogP contribution in [0, 0.1) is 18.6 Å². The minimum Gasteiger partial charge on any atom is -0.469 e. The van der Waals surface area contributed by atoms with Gasteiger partial charge in [-0.25, -0.2) is 8.78 Å². The van der Waals surface area contributed by atoms with Crippen LogP contribution in [-0.4, -0.2) is 5.11 Å². The molecule has 0 fully saturated rings. The van der Waals surface area contributed by atoms with Crippen LogP contribution in [0.5, 0.6) is 0 Å². The molecule has 0 radical (unpaired) electrons. The summed E-state index contributed by atoms with van der Waals surface area (Å²) in [7, 11) is 0. The molecule has 2 rings (SSSR count). The summed E-state index contributed by atoms with van der Waals surface area (Å²) in [5.41, 5.74) is 0.308. The molecule has 1 atom stereocenters. The van der Waals surface area contributed by atoms with Crippen LogP contribution in [0.4, 0.5) is 8.78 Å². The van der Waals surface area contributed by atoms with E-state index >= 15 is 0 Å². The number of benzene rings is 1. The fraction of sp³-hybridized carbons (Fsp3) is 0.167. The number of furan rings is 1. The molecule has 0 saturated carbocycles. The van der Waals surface area contributed by atoms with Crippen molar-refractivity contribution in [2.45, 2.75) is 13.0 Å². The molecule has 84 valence electrons. The monoisotopic (exact) mass is 224 g/mol. The van der Waals surface area contributed by atoms with Gasteiger partial charge in [0.2, 0.25) is 0 Å². The summed E-state index contributed by atoms with van der Waals surface area (Å²) < 4.78 is 31.3. The molecule has 1 aromatic carbocycles. The van der Waals surface area contributed by atoms with Gasteiger partial charge in [0.25, 0.3) is 0 Å². The predicted molar refractivity (Wildman–Crippen MR) is 53.9 cm³/mol. The van der Waals surface area contributed by atoms with Crippen LogP contribution in [0.25, 0.3) is 0 Å². The van der Waals surface area contributed by atoms with Gasteiger partial charge in [-0.15, -0.1) is 0 Å². The third-order valence-corrected chi connectivity index (χ3v) is 2.32. The Kier molecular flexibility index (Phi) is 2.75. The van der Waals surface area contributed by atoms with Crippen LogP contribution in [0.15, 0.2) is 34.9 Å². The summed E-state index contributed by atoms with van der Waals surface area (Å²) in [5, 5.41) is 9.84. The molecule has 1 aromatic heterocycles. The highest BCUT2D eigenvalue weighted by Crippen LogP contribution is 2.26. The zero-order valence-electron chi connectivity index (χ0n) is 8.58. The lowest BCUT2D eigenvalue weighted by Crippen LogP contribution is -2.02. The van der Waals surface area contributed by atoms with Crippen molar-refractivity contribution in [3.05, 3.63) is 59.1 Å². The highest BCUT2D eigenvalue weighted by molar-refractivity contribution is 5.30. The highest BCUT2D eigenvalue weighted by atomic mass is 19.1. The van der Waals surface area contributed by atoms with Crippen molar-refractivity contribution in [3.63, 3.8) is 0 Å². The molecule has 1 N–H and O–H groups in total. The molecular weight excluding hydrogens is 214 g/mol. The lowest BCUT2D eigenvalue weighted by molar-refractivity contribution is 0.213. The lowest BCUT2D eigenvalue weighted by Gasteiger charge is -2.09. The molecule has 2 nitrogen and oxygen atoms in total. The molecule has 4 heteroatoms. The topological polar surface area (TPSA) is 33.4 Å². The number of aryl methyl sites for hydroxylation is 1. The van der Waals surface area contributed by atoms with Gasteiger partial charge in [0.15, 0.2) is 0 Å². The van der Waals surface area contributed by atoms with Crippen LogP contribution < -0.4 is 0 Å². The van der Waals surface area contributed by atoms with E-state index in [1.807, 2.05) is 0 Å². The molecule has 0 spiro atoms. The van der Waals surface area contributed by atoms with Gasteiger partial charge in [-0.2, -0.15) is 0 Å². The fourth-order valence-electron chi connectivity index (χ4n) is 1.51. The first-order valence-corrected chi connectivity index (χ1v) is 4.76. The molecule has 1 unspecified atom stereocenters. The van der Waals surface area contributed by atoms with E-state index in [-0.39, 0.29) is 5.56 Å². The number of rotatable bonds is 2. The second-order valence-electron chi connectivity index (χ2n) is 3.56. The Morgan fingerprint density at radius 3 is 2.62 bits per heavy atom. The number of aliphatic hydroxyl groups excluding tert-OH is 1. The van der Waals surface area contributed by atoms with Crippen molar-refractivity contribution >= 4 is 0 Å². The third kappa shape index (κ3) is 1.97. The maximum atomic E-state index is 13.4. The maximum absolute atomic E-state index is 13.4. The van der Waals surface area contributed by atoms with Crippen LogP contribution in [-0.2, 0) is 0 Å². The van der Waals surface area contributed by atoms with E-state index in [1.54, 1.807) is 13.0 Å². The van der Waals surface area contributed by atoms with Crippen LogP contribution in [0.2, 0.25) is 0 Å². The van der Waals surface area contributed by atoms with Gasteiger partial charge < -0.3 is 9.52 Å². The first kappa shape index (κ1) is 10.8. The van der Waals surface area contributed by atoms with E-state index in [1.165, 1.54) is 6.26 Å². The van der Waals surface area contributed by atoms with Crippen molar-refractivity contribution in [2.75, 3.05) is 0 Å². The molecule has 0 aliphatic rings. The normalized spacial score (nSPS) is 12.8. The predicted octanol–water partition coefficient (Wildman–Crippen LogP) is 2.95.